The molecule has 6 heteroatoms. The van der Waals surface area contributed by atoms with Crippen molar-refractivity contribution in [1.82, 2.24) is 0 Å². The van der Waals surface area contributed by atoms with Crippen molar-refractivity contribution in [3.8, 4) is 11.5 Å². The zero-order chi connectivity index (χ0) is 16.7. The van der Waals surface area contributed by atoms with Gasteiger partial charge in [0.2, 0.25) is 0 Å². The van der Waals surface area contributed by atoms with Crippen LogP contribution in [0.1, 0.15) is 19.3 Å². The Morgan fingerprint density at radius 1 is 0.696 bits per heavy atom. The first kappa shape index (κ1) is 16.4. The number of esters is 2. The molecule has 0 heterocycles. The van der Waals surface area contributed by atoms with Crippen molar-refractivity contribution >= 4 is 23.3 Å². The Labute approximate surface area is 134 Å². The number of ether oxygens (including phenoxy) is 2. The normalized spacial score (nSPS) is 10.1. The first-order valence-electron chi connectivity index (χ1n) is 7.15. The van der Waals surface area contributed by atoms with E-state index in [-0.39, 0.29) is 12.8 Å². The molecule has 0 aliphatic heterocycles. The molecule has 0 unspecified atom stereocenters. The lowest BCUT2D eigenvalue weighted by molar-refractivity contribution is -0.136. The van der Waals surface area contributed by atoms with E-state index in [0.29, 0.717) is 29.3 Å². The van der Waals surface area contributed by atoms with Crippen molar-refractivity contribution in [3.63, 3.8) is 0 Å². The minimum atomic E-state index is -0.407. The first-order valence-corrected chi connectivity index (χ1v) is 7.15. The van der Waals surface area contributed by atoms with Crippen LogP contribution in [0.2, 0.25) is 0 Å². The highest BCUT2D eigenvalue weighted by Crippen LogP contribution is 2.16. The van der Waals surface area contributed by atoms with Crippen molar-refractivity contribution in [2.75, 3.05) is 11.5 Å². The van der Waals surface area contributed by atoms with E-state index in [0.717, 1.165) is 0 Å². The van der Waals surface area contributed by atoms with Crippen LogP contribution in [0.3, 0.4) is 0 Å². The average Bonchev–Trinajstić information content (AvgIpc) is 2.52. The zero-order valence-electron chi connectivity index (χ0n) is 12.5. The summed E-state index contributed by atoms with van der Waals surface area (Å²) in [6.45, 7) is 0. The van der Waals surface area contributed by atoms with Gasteiger partial charge in [-0.05, 0) is 55.0 Å². The van der Waals surface area contributed by atoms with E-state index in [1.807, 2.05) is 0 Å². The fourth-order valence-corrected chi connectivity index (χ4v) is 1.81. The number of hydrogen-bond donors (Lipinski definition) is 2. The number of rotatable bonds is 6. The summed E-state index contributed by atoms with van der Waals surface area (Å²) in [7, 11) is 0. The molecule has 0 atom stereocenters. The van der Waals surface area contributed by atoms with E-state index in [2.05, 4.69) is 0 Å². The third-order valence-electron chi connectivity index (χ3n) is 2.99. The highest BCUT2D eigenvalue weighted by Gasteiger charge is 2.09. The summed E-state index contributed by atoms with van der Waals surface area (Å²) in [4.78, 5) is 23.3. The van der Waals surface area contributed by atoms with E-state index >= 15 is 0 Å². The molecule has 2 rings (SSSR count). The third-order valence-corrected chi connectivity index (χ3v) is 2.99. The number of nitrogen functional groups attached to an aromatic ring is 2. The van der Waals surface area contributed by atoms with Gasteiger partial charge in [-0.2, -0.15) is 0 Å². The fourth-order valence-electron chi connectivity index (χ4n) is 1.81. The van der Waals surface area contributed by atoms with E-state index in [1.54, 1.807) is 48.5 Å². The van der Waals surface area contributed by atoms with Crippen LogP contribution in [-0.4, -0.2) is 11.9 Å². The summed E-state index contributed by atoms with van der Waals surface area (Å²) in [6.07, 6.45) is 0.601. The van der Waals surface area contributed by atoms with Crippen LogP contribution in [0, 0.1) is 0 Å². The number of benzene rings is 2. The summed E-state index contributed by atoms with van der Waals surface area (Å²) in [5.41, 5.74) is 12.3. The predicted octanol–water partition coefficient (Wildman–Crippen LogP) is 2.53. The summed E-state index contributed by atoms with van der Waals surface area (Å²) >= 11 is 0. The van der Waals surface area contributed by atoms with Gasteiger partial charge in [0.05, 0.1) is 0 Å². The third kappa shape index (κ3) is 5.70. The Morgan fingerprint density at radius 3 is 1.39 bits per heavy atom. The van der Waals surface area contributed by atoms with Crippen molar-refractivity contribution in [2.24, 2.45) is 0 Å². The largest absolute Gasteiger partial charge is 0.427 e. The minimum absolute atomic E-state index is 0.126. The minimum Gasteiger partial charge on any atom is -0.427 e. The SMILES string of the molecule is Nc1ccc(OC(=O)CCCC(=O)Oc2ccc(N)cc2)cc1. The molecule has 0 aliphatic carbocycles. The molecule has 0 radical (unpaired) electrons. The summed E-state index contributed by atoms with van der Waals surface area (Å²) in [6, 6.07) is 13.0. The number of hydrogen-bond acceptors (Lipinski definition) is 6. The molecule has 0 spiro atoms. The molecule has 0 aliphatic rings. The molecule has 0 aromatic heterocycles. The molecule has 0 saturated heterocycles. The first-order chi connectivity index (χ1) is 11.0. The van der Waals surface area contributed by atoms with Crippen LogP contribution in [0.4, 0.5) is 11.4 Å². The van der Waals surface area contributed by atoms with Crippen LogP contribution in [-0.2, 0) is 9.59 Å². The van der Waals surface area contributed by atoms with Gasteiger partial charge in [0.25, 0.3) is 0 Å². The van der Waals surface area contributed by atoms with Gasteiger partial charge in [-0.15, -0.1) is 0 Å². The van der Waals surface area contributed by atoms with Gasteiger partial charge in [0.15, 0.2) is 0 Å². The van der Waals surface area contributed by atoms with Crippen LogP contribution < -0.4 is 20.9 Å². The Balaban J connectivity index is 1.69. The highest BCUT2D eigenvalue weighted by molar-refractivity contribution is 5.75. The Hall–Kier alpha value is -3.02. The molecular weight excluding hydrogens is 296 g/mol. The second kappa shape index (κ2) is 7.84. The van der Waals surface area contributed by atoms with Gasteiger partial charge in [-0.1, -0.05) is 0 Å². The predicted molar refractivity (Wildman–Crippen MR) is 86.8 cm³/mol. The molecule has 2 aromatic carbocycles. The van der Waals surface area contributed by atoms with Crippen molar-refractivity contribution < 1.29 is 19.1 Å². The van der Waals surface area contributed by atoms with Crippen molar-refractivity contribution in [2.45, 2.75) is 19.3 Å². The zero-order valence-corrected chi connectivity index (χ0v) is 12.5. The Kier molecular flexibility index (Phi) is 5.57. The van der Waals surface area contributed by atoms with Crippen LogP contribution in [0.5, 0.6) is 11.5 Å². The lowest BCUT2D eigenvalue weighted by atomic mass is 10.2. The van der Waals surface area contributed by atoms with Gasteiger partial charge in [0, 0.05) is 24.2 Å². The summed E-state index contributed by atoms with van der Waals surface area (Å²) in [5, 5.41) is 0. The smallest absolute Gasteiger partial charge is 0.311 e. The molecule has 0 saturated carbocycles. The van der Waals surface area contributed by atoms with Crippen LogP contribution >= 0.6 is 0 Å². The second-order valence-corrected chi connectivity index (χ2v) is 4.94. The van der Waals surface area contributed by atoms with Crippen LogP contribution in [0.15, 0.2) is 48.5 Å². The quantitative estimate of drug-likeness (QED) is 0.482. The molecule has 6 nitrogen and oxygen atoms in total. The molecule has 120 valence electrons. The molecule has 0 bridgehead atoms. The van der Waals surface area contributed by atoms with Gasteiger partial charge in [-0.25, -0.2) is 0 Å². The lowest BCUT2D eigenvalue weighted by Gasteiger charge is -2.05. The van der Waals surface area contributed by atoms with Crippen molar-refractivity contribution in [3.05, 3.63) is 48.5 Å². The Bertz CT molecular complexity index is 606. The Morgan fingerprint density at radius 2 is 1.04 bits per heavy atom. The van der Waals surface area contributed by atoms with Gasteiger partial charge >= 0.3 is 11.9 Å². The maximum Gasteiger partial charge on any atom is 0.311 e. The van der Waals surface area contributed by atoms with E-state index in [9.17, 15) is 9.59 Å². The van der Waals surface area contributed by atoms with E-state index in [1.165, 1.54) is 0 Å². The monoisotopic (exact) mass is 314 g/mol. The van der Waals surface area contributed by atoms with Crippen molar-refractivity contribution in [1.29, 1.82) is 0 Å². The van der Waals surface area contributed by atoms with E-state index in [4.69, 9.17) is 20.9 Å². The summed E-state index contributed by atoms with van der Waals surface area (Å²) in [5.74, 6) is 0.0346. The van der Waals surface area contributed by atoms with Crippen LogP contribution in [0.25, 0.3) is 0 Å². The number of anilines is 2. The molecule has 4 N–H and O–H groups in total. The van der Waals surface area contributed by atoms with E-state index < -0.39 is 11.9 Å². The average molecular weight is 314 g/mol. The lowest BCUT2D eigenvalue weighted by Crippen LogP contribution is -2.11. The number of carbonyl (C=O) groups excluding carboxylic acids is 2. The molecule has 2 aromatic rings. The molecule has 0 fully saturated rings. The standard InChI is InChI=1S/C17H18N2O4/c18-12-4-8-14(9-5-12)22-16(20)2-1-3-17(21)23-15-10-6-13(19)7-11-15/h4-11H,1-3,18-19H2. The maximum atomic E-state index is 11.7. The molecule has 0 amide bonds. The van der Waals surface area contributed by atoms with Gasteiger partial charge < -0.3 is 20.9 Å². The second-order valence-electron chi connectivity index (χ2n) is 4.94. The topological polar surface area (TPSA) is 105 Å². The van der Waals surface area contributed by atoms with Gasteiger partial charge in [0.1, 0.15) is 11.5 Å². The number of carbonyl (C=O) groups is 2. The summed E-state index contributed by atoms with van der Waals surface area (Å²) < 4.78 is 10.2. The highest BCUT2D eigenvalue weighted by atomic mass is 16.5. The maximum absolute atomic E-state index is 11.7. The number of nitrogens with two attached hydrogens (primary N) is 2. The van der Waals surface area contributed by atoms with Gasteiger partial charge in [-0.3, -0.25) is 9.59 Å². The fraction of sp³-hybridized carbons (Fsp3) is 0.176. The molecule has 23 heavy (non-hydrogen) atoms. The molecular formula is C17H18N2O4.